The molecule has 1 unspecified atom stereocenters. The van der Waals surface area contributed by atoms with E-state index < -0.39 is 30.6 Å². The van der Waals surface area contributed by atoms with Crippen LogP contribution in [0.2, 0.25) is 0 Å². The number of ether oxygens (including phenoxy) is 1. The average molecular weight is 503 g/mol. The molecule has 0 fully saturated rings. The average Bonchev–Trinajstić information content (AvgIpc) is 3.16. The van der Waals surface area contributed by atoms with Crippen LogP contribution in [0.3, 0.4) is 0 Å². The molecular weight excluding hydrogens is 472 g/mol. The van der Waals surface area contributed by atoms with Crippen molar-refractivity contribution in [2.75, 3.05) is 43.7 Å². The second-order valence-electron chi connectivity index (χ2n) is 7.95. The van der Waals surface area contributed by atoms with Crippen molar-refractivity contribution in [3.8, 4) is 11.1 Å². The van der Waals surface area contributed by atoms with Crippen molar-refractivity contribution in [2.45, 2.75) is 18.4 Å². The second-order valence-corrected chi connectivity index (χ2v) is 9.92. The Morgan fingerprint density at radius 2 is 1.59 bits per heavy atom. The minimum absolute atomic E-state index is 0.0800. The highest BCUT2D eigenvalue weighted by molar-refractivity contribution is 7.98. The highest BCUT2D eigenvalue weighted by Crippen LogP contribution is 2.44. The van der Waals surface area contributed by atoms with Crippen LogP contribution in [0.5, 0.6) is 0 Å². The second kappa shape index (κ2) is 12.7. The van der Waals surface area contributed by atoms with Crippen molar-refractivity contribution in [3.63, 3.8) is 0 Å². The van der Waals surface area contributed by atoms with Gasteiger partial charge in [0.15, 0.2) is 0 Å². The van der Waals surface area contributed by atoms with Crippen LogP contribution in [0, 0.1) is 0 Å². The largest absolute Gasteiger partial charge is 0.480 e. The zero-order valence-electron chi connectivity index (χ0n) is 19.4. The normalized spacial score (nSPS) is 13.0. The summed E-state index contributed by atoms with van der Waals surface area (Å²) in [6.07, 6.45) is 3.52. The van der Waals surface area contributed by atoms with E-state index in [-0.39, 0.29) is 12.5 Å². The first-order valence-corrected chi connectivity index (χ1v) is 13.8. The van der Waals surface area contributed by atoms with Gasteiger partial charge in [-0.05, 0) is 46.9 Å². The van der Waals surface area contributed by atoms with E-state index in [2.05, 4.69) is 17.4 Å². The molecule has 0 saturated carbocycles. The van der Waals surface area contributed by atoms with Crippen molar-refractivity contribution >= 4 is 41.5 Å². The SMILES string of the molecule is CSCCC(NC(=O)OCC1c2ccccc2-c2ccccc21)C(=O)N(CCSC)CC(=O)O. The fraction of sp³-hybridized carbons (Fsp3) is 0.400. The Balaban J connectivity index is 1.68. The fourth-order valence-electron chi connectivity index (χ4n) is 4.13. The van der Waals surface area contributed by atoms with Gasteiger partial charge in [0.2, 0.25) is 5.91 Å². The number of alkyl carbamates (subject to hydrolysis) is 1. The van der Waals surface area contributed by atoms with Gasteiger partial charge < -0.3 is 20.1 Å². The molecule has 2 N–H and O–H groups in total. The Labute approximate surface area is 208 Å². The summed E-state index contributed by atoms with van der Waals surface area (Å²) >= 11 is 3.08. The van der Waals surface area contributed by atoms with E-state index in [1.165, 1.54) is 16.7 Å². The zero-order valence-corrected chi connectivity index (χ0v) is 21.0. The van der Waals surface area contributed by atoms with Gasteiger partial charge in [0.05, 0.1) is 0 Å². The van der Waals surface area contributed by atoms with Crippen LogP contribution in [0.25, 0.3) is 11.1 Å². The van der Waals surface area contributed by atoms with E-state index in [9.17, 15) is 19.5 Å². The number of carbonyl (C=O) groups excluding carboxylic acids is 2. The lowest BCUT2D eigenvalue weighted by Crippen LogP contribution is -2.51. The van der Waals surface area contributed by atoms with Crippen LogP contribution in [-0.2, 0) is 14.3 Å². The number of carbonyl (C=O) groups is 3. The number of thioether (sulfide) groups is 2. The molecular formula is C25H30N2O5S2. The highest BCUT2D eigenvalue weighted by Gasteiger charge is 2.31. The van der Waals surface area contributed by atoms with Gasteiger partial charge in [0, 0.05) is 18.2 Å². The van der Waals surface area contributed by atoms with E-state index >= 15 is 0 Å². The van der Waals surface area contributed by atoms with Crippen molar-refractivity contribution in [1.29, 1.82) is 0 Å². The van der Waals surface area contributed by atoms with Gasteiger partial charge in [-0.25, -0.2) is 4.79 Å². The molecule has 2 amide bonds. The molecule has 2 aromatic carbocycles. The molecule has 34 heavy (non-hydrogen) atoms. The van der Waals surface area contributed by atoms with Gasteiger partial charge in [0.1, 0.15) is 19.2 Å². The van der Waals surface area contributed by atoms with Crippen molar-refractivity contribution in [1.82, 2.24) is 10.2 Å². The number of rotatable bonds is 12. The Kier molecular flexibility index (Phi) is 9.71. The zero-order chi connectivity index (χ0) is 24.5. The molecule has 1 atom stereocenters. The molecule has 0 aliphatic heterocycles. The Morgan fingerprint density at radius 1 is 1.00 bits per heavy atom. The summed E-state index contributed by atoms with van der Waals surface area (Å²) in [5.41, 5.74) is 4.49. The predicted octanol–water partition coefficient (Wildman–Crippen LogP) is 3.92. The third-order valence-corrected chi connectivity index (χ3v) is 6.98. The molecule has 0 heterocycles. The molecule has 1 aliphatic carbocycles. The summed E-state index contributed by atoms with van der Waals surface area (Å²) in [5, 5.41) is 11.9. The molecule has 0 aromatic heterocycles. The standard InChI is InChI=1S/C25H30N2O5S2/c1-33-13-11-22(24(30)27(12-14-34-2)15-23(28)29)26-25(31)32-16-21-19-9-5-3-7-17(19)18-8-4-6-10-20(18)21/h3-10,21-22H,11-16H2,1-2H3,(H,26,31)(H,28,29). The molecule has 9 heteroatoms. The lowest BCUT2D eigenvalue weighted by atomic mass is 9.98. The monoisotopic (exact) mass is 502 g/mol. The Morgan fingerprint density at radius 3 is 2.15 bits per heavy atom. The van der Waals surface area contributed by atoms with Crippen molar-refractivity contribution in [2.24, 2.45) is 0 Å². The number of aliphatic carboxylic acids is 1. The number of fused-ring (bicyclic) bond motifs is 3. The molecule has 182 valence electrons. The molecule has 0 saturated heterocycles. The topological polar surface area (TPSA) is 95.9 Å². The van der Waals surface area contributed by atoms with Crippen molar-refractivity contribution < 1.29 is 24.2 Å². The first-order valence-electron chi connectivity index (χ1n) is 11.1. The maximum Gasteiger partial charge on any atom is 0.407 e. The van der Waals surface area contributed by atoms with Gasteiger partial charge in [-0.3, -0.25) is 9.59 Å². The minimum atomic E-state index is -1.08. The predicted molar refractivity (Wildman–Crippen MR) is 138 cm³/mol. The Bertz CT molecular complexity index is 971. The van der Waals surface area contributed by atoms with E-state index in [1.54, 1.807) is 11.8 Å². The number of hydrogen-bond donors (Lipinski definition) is 2. The summed E-state index contributed by atoms with van der Waals surface area (Å²) in [6, 6.07) is 15.3. The van der Waals surface area contributed by atoms with Gasteiger partial charge in [-0.2, -0.15) is 23.5 Å². The first-order chi connectivity index (χ1) is 16.5. The molecule has 1 aliphatic rings. The lowest BCUT2D eigenvalue weighted by molar-refractivity contribution is -0.145. The smallest absolute Gasteiger partial charge is 0.407 e. The van der Waals surface area contributed by atoms with Gasteiger partial charge >= 0.3 is 12.1 Å². The van der Waals surface area contributed by atoms with Crippen LogP contribution >= 0.6 is 23.5 Å². The van der Waals surface area contributed by atoms with E-state index in [4.69, 9.17) is 4.74 Å². The van der Waals surface area contributed by atoms with Crippen molar-refractivity contribution in [3.05, 3.63) is 59.7 Å². The number of benzene rings is 2. The van der Waals surface area contributed by atoms with E-state index in [0.717, 1.165) is 22.3 Å². The van der Waals surface area contributed by atoms with Gasteiger partial charge in [-0.1, -0.05) is 48.5 Å². The molecule has 0 spiro atoms. The summed E-state index contributed by atoms with van der Waals surface area (Å²) in [7, 11) is 0. The number of hydrogen-bond acceptors (Lipinski definition) is 6. The maximum absolute atomic E-state index is 13.1. The van der Waals surface area contributed by atoms with E-state index in [1.807, 2.05) is 48.9 Å². The summed E-state index contributed by atoms with van der Waals surface area (Å²) in [6.45, 7) is 0.0462. The van der Waals surface area contributed by atoms with Crippen LogP contribution in [0.4, 0.5) is 4.79 Å². The number of nitrogens with one attached hydrogen (secondary N) is 1. The number of carboxylic acids is 1. The number of nitrogens with zero attached hydrogens (tertiary/aromatic N) is 1. The third kappa shape index (κ3) is 6.48. The van der Waals surface area contributed by atoms with Crippen LogP contribution in [-0.4, -0.2) is 77.7 Å². The summed E-state index contributed by atoms with van der Waals surface area (Å²) in [5.74, 6) is -0.315. The maximum atomic E-state index is 13.1. The summed E-state index contributed by atoms with van der Waals surface area (Å²) < 4.78 is 5.59. The first kappa shape index (κ1) is 26.0. The number of carboxylic acid groups (broad SMARTS) is 1. The van der Waals surface area contributed by atoms with Crippen LogP contribution in [0.1, 0.15) is 23.5 Å². The lowest BCUT2D eigenvalue weighted by Gasteiger charge is -2.26. The molecule has 7 nitrogen and oxygen atoms in total. The van der Waals surface area contributed by atoms with Gasteiger partial charge in [0.25, 0.3) is 0 Å². The van der Waals surface area contributed by atoms with Gasteiger partial charge in [-0.15, -0.1) is 0 Å². The Hall–Kier alpha value is -2.65. The highest BCUT2D eigenvalue weighted by atomic mass is 32.2. The van der Waals surface area contributed by atoms with Crippen LogP contribution < -0.4 is 5.32 Å². The fourth-order valence-corrected chi connectivity index (χ4v) is 5.00. The molecule has 0 bridgehead atoms. The molecule has 3 rings (SSSR count). The third-order valence-electron chi connectivity index (χ3n) is 5.75. The minimum Gasteiger partial charge on any atom is -0.480 e. The van der Waals surface area contributed by atoms with Crippen LogP contribution in [0.15, 0.2) is 48.5 Å². The molecule has 0 radical (unpaired) electrons. The molecule has 2 aromatic rings. The summed E-state index contributed by atoms with van der Waals surface area (Å²) in [4.78, 5) is 38.4. The van der Waals surface area contributed by atoms with E-state index in [0.29, 0.717) is 24.5 Å². The number of amides is 2. The quantitative estimate of drug-likeness (QED) is 0.454.